The van der Waals surface area contributed by atoms with E-state index in [0.29, 0.717) is 27.9 Å². The molecule has 0 N–H and O–H groups in total. The van der Waals surface area contributed by atoms with Gasteiger partial charge in [-0.2, -0.15) is 0 Å². The fourth-order valence-electron chi connectivity index (χ4n) is 3.38. The van der Waals surface area contributed by atoms with E-state index in [9.17, 15) is 9.18 Å². The van der Waals surface area contributed by atoms with Crippen LogP contribution >= 0.6 is 15.9 Å². The summed E-state index contributed by atoms with van der Waals surface area (Å²) in [7, 11) is 0. The van der Waals surface area contributed by atoms with Crippen LogP contribution < -0.4 is 10.2 Å². The van der Waals surface area contributed by atoms with E-state index in [0.717, 1.165) is 24.2 Å². The van der Waals surface area contributed by atoms with Gasteiger partial charge in [0.25, 0.3) is 0 Å². The Labute approximate surface area is 158 Å². The molecular formula is C21H18BrFO3. The molecule has 0 bridgehead atoms. The lowest BCUT2D eigenvalue weighted by atomic mass is 9.98. The topological polar surface area (TPSA) is 39.4 Å². The molecule has 3 aromatic rings. The smallest absolute Gasteiger partial charge is 0.196 e. The fraction of sp³-hybridized carbons (Fsp3) is 0.286. The van der Waals surface area contributed by atoms with Gasteiger partial charge in [0.05, 0.1) is 5.39 Å². The Balaban J connectivity index is 1.88. The zero-order valence-corrected chi connectivity index (χ0v) is 16.1. The average Bonchev–Trinajstić information content (AvgIpc) is 2.63. The van der Waals surface area contributed by atoms with Crippen molar-refractivity contribution in [2.75, 3.05) is 0 Å². The Bertz CT molecular complexity index is 1040. The largest absolute Gasteiger partial charge is 0.489 e. The second kappa shape index (κ2) is 6.54. The first-order valence-corrected chi connectivity index (χ1v) is 9.52. The van der Waals surface area contributed by atoms with Crippen LogP contribution in [0, 0.1) is 12.7 Å². The summed E-state index contributed by atoms with van der Waals surface area (Å²) in [5, 5.41) is 0.557. The molecule has 1 aromatic heterocycles. The maximum absolute atomic E-state index is 13.2. The number of rotatable bonds is 2. The summed E-state index contributed by atoms with van der Waals surface area (Å²) in [6, 6.07) is 9.63. The van der Waals surface area contributed by atoms with E-state index in [2.05, 4.69) is 22.9 Å². The summed E-state index contributed by atoms with van der Waals surface area (Å²) in [6.07, 6.45) is 1.86. The van der Waals surface area contributed by atoms with Crippen molar-refractivity contribution >= 4 is 26.9 Å². The highest BCUT2D eigenvalue weighted by Crippen LogP contribution is 2.35. The highest BCUT2D eigenvalue weighted by molar-refractivity contribution is 9.09. The summed E-state index contributed by atoms with van der Waals surface area (Å²) >= 11 is 3.58. The predicted octanol–water partition coefficient (Wildman–Crippen LogP) is 5.38. The molecule has 5 heteroatoms. The van der Waals surface area contributed by atoms with Crippen LogP contribution in [0.3, 0.4) is 0 Å². The molecule has 2 atom stereocenters. The molecule has 0 aliphatic carbocycles. The van der Waals surface area contributed by atoms with Crippen molar-refractivity contribution in [3.63, 3.8) is 0 Å². The molecule has 134 valence electrons. The Kier molecular flexibility index (Phi) is 4.35. The second-order valence-corrected chi connectivity index (χ2v) is 8.17. The molecule has 0 spiro atoms. The molecule has 3 nitrogen and oxygen atoms in total. The lowest BCUT2D eigenvalue weighted by molar-refractivity contribution is 0.176. The van der Waals surface area contributed by atoms with Gasteiger partial charge in [-0.1, -0.05) is 15.9 Å². The first-order chi connectivity index (χ1) is 12.4. The van der Waals surface area contributed by atoms with Crippen LogP contribution in [0.15, 0.2) is 45.6 Å². The Hall–Kier alpha value is -2.14. The number of fused-ring (bicyclic) bond motifs is 2. The highest BCUT2D eigenvalue weighted by Gasteiger charge is 2.25. The van der Waals surface area contributed by atoms with Gasteiger partial charge in [0.2, 0.25) is 0 Å². The Morgan fingerprint density at radius 1 is 1.23 bits per heavy atom. The van der Waals surface area contributed by atoms with Crippen LogP contribution in [-0.2, 0) is 6.42 Å². The van der Waals surface area contributed by atoms with Crippen molar-refractivity contribution in [3.8, 4) is 17.1 Å². The van der Waals surface area contributed by atoms with Gasteiger partial charge in [0, 0.05) is 22.0 Å². The molecule has 0 fully saturated rings. The van der Waals surface area contributed by atoms with Crippen LogP contribution in [0.2, 0.25) is 0 Å². The van der Waals surface area contributed by atoms with E-state index < -0.39 is 0 Å². The summed E-state index contributed by atoms with van der Waals surface area (Å²) in [5.74, 6) is 0.896. The highest BCUT2D eigenvalue weighted by atomic mass is 79.9. The van der Waals surface area contributed by atoms with E-state index in [4.69, 9.17) is 9.15 Å². The van der Waals surface area contributed by atoms with E-state index in [1.807, 2.05) is 6.07 Å². The maximum Gasteiger partial charge on any atom is 0.196 e. The van der Waals surface area contributed by atoms with Crippen molar-refractivity contribution in [1.29, 1.82) is 0 Å². The number of alkyl halides is 1. The van der Waals surface area contributed by atoms with Crippen LogP contribution in [0.5, 0.6) is 5.75 Å². The van der Waals surface area contributed by atoms with Gasteiger partial charge in [-0.3, -0.25) is 4.79 Å². The van der Waals surface area contributed by atoms with Crippen LogP contribution in [0.25, 0.3) is 22.3 Å². The van der Waals surface area contributed by atoms with E-state index in [1.54, 1.807) is 25.1 Å². The minimum atomic E-state index is -0.327. The fourth-order valence-corrected chi connectivity index (χ4v) is 3.76. The van der Waals surface area contributed by atoms with Gasteiger partial charge in [0.15, 0.2) is 5.43 Å². The minimum Gasteiger partial charge on any atom is -0.489 e. The van der Waals surface area contributed by atoms with E-state index >= 15 is 0 Å². The van der Waals surface area contributed by atoms with Gasteiger partial charge in [-0.05, 0) is 62.6 Å². The van der Waals surface area contributed by atoms with Gasteiger partial charge in [0.1, 0.15) is 29.0 Å². The molecule has 2 aromatic carbocycles. The molecule has 4 rings (SSSR count). The third kappa shape index (κ3) is 2.94. The molecule has 0 saturated heterocycles. The minimum absolute atomic E-state index is 0.0654. The third-order valence-electron chi connectivity index (χ3n) is 4.90. The third-order valence-corrected chi connectivity index (χ3v) is 5.49. The van der Waals surface area contributed by atoms with Gasteiger partial charge in [-0.25, -0.2) is 4.39 Å². The molecular weight excluding hydrogens is 399 g/mol. The molecule has 0 saturated carbocycles. The summed E-state index contributed by atoms with van der Waals surface area (Å²) in [6.45, 7) is 3.80. The van der Waals surface area contributed by atoms with Crippen molar-refractivity contribution in [2.45, 2.75) is 37.6 Å². The molecule has 0 radical (unpaired) electrons. The Morgan fingerprint density at radius 3 is 2.65 bits per heavy atom. The van der Waals surface area contributed by atoms with E-state index in [-0.39, 0.29) is 22.2 Å². The number of hydrogen-bond donors (Lipinski definition) is 0. The Morgan fingerprint density at radius 2 is 1.96 bits per heavy atom. The first-order valence-electron chi connectivity index (χ1n) is 8.61. The quantitative estimate of drug-likeness (QED) is 0.526. The number of benzene rings is 2. The zero-order valence-electron chi connectivity index (χ0n) is 14.5. The predicted molar refractivity (Wildman–Crippen MR) is 104 cm³/mol. The summed E-state index contributed by atoms with van der Waals surface area (Å²) in [5.41, 5.74) is 2.65. The normalized spacial score (nSPS) is 17.6. The lowest BCUT2D eigenvalue weighted by Gasteiger charge is -2.28. The summed E-state index contributed by atoms with van der Waals surface area (Å²) in [4.78, 5) is 13.1. The molecule has 2 unspecified atom stereocenters. The van der Waals surface area contributed by atoms with Crippen LogP contribution in [-0.4, -0.2) is 10.9 Å². The van der Waals surface area contributed by atoms with E-state index in [1.165, 1.54) is 12.1 Å². The standard InChI is InChI=1S/C21H18BrFO3/c1-11-20(24)16-9-14-5-8-17(12(2)22)25-18(14)10-19(16)26-21(11)13-3-6-15(23)7-4-13/h3-4,6-7,9-10,12,17H,5,8H2,1-2H3. The SMILES string of the molecule is Cc1c(-c2ccc(F)cc2)oc2cc3c(cc2c1=O)CCC(C(C)Br)O3. The molecule has 26 heavy (non-hydrogen) atoms. The van der Waals surface area contributed by atoms with Crippen LogP contribution in [0.1, 0.15) is 24.5 Å². The van der Waals surface area contributed by atoms with Gasteiger partial charge >= 0.3 is 0 Å². The number of ether oxygens (including phenoxy) is 1. The maximum atomic E-state index is 13.2. The van der Waals surface area contributed by atoms with Crippen molar-refractivity contribution in [2.24, 2.45) is 0 Å². The lowest BCUT2D eigenvalue weighted by Crippen LogP contribution is -2.29. The van der Waals surface area contributed by atoms with Crippen molar-refractivity contribution < 1.29 is 13.5 Å². The number of aryl methyl sites for hydroxylation is 1. The van der Waals surface area contributed by atoms with Crippen molar-refractivity contribution in [3.05, 3.63) is 63.6 Å². The summed E-state index contributed by atoms with van der Waals surface area (Å²) < 4.78 is 25.3. The van der Waals surface area contributed by atoms with Gasteiger partial charge in [-0.15, -0.1) is 0 Å². The monoisotopic (exact) mass is 416 g/mol. The van der Waals surface area contributed by atoms with Crippen molar-refractivity contribution in [1.82, 2.24) is 0 Å². The molecule has 2 heterocycles. The zero-order chi connectivity index (χ0) is 18.4. The second-order valence-electron chi connectivity index (χ2n) is 6.72. The average molecular weight is 417 g/mol. The molecule has 1 aliphatic heterocycles. The number of halogens is 2. The molecule has 0 amide bonds. The van der Waals surface area contributed by atoms with Crippen LogP contribution in [0.4, 0.5) is 4.39 Å². The number of hydrogen-bond acceptors (Lipinski definition) is 3. The molecule has 1 aliphatic rings. The first kappa shape index (κ1) is 17.3. The van der Waals surface area contributed by atoms with Gasteiger partial charge < -0.3 is 9.15 Å².